The second-order valence-electron chi connectivity index (χ2n) is 5.52. The highest BCUT2D eigenvalue weighted by Crippen LogP contribution is 2.40. The summed E-state index contributed by atoms with van der Waals surface area (Å²) in [4.78, 5) is 0. The fourth-order valence-corrected chi connectivity index (χ4v) is 3.23. The number of benzene rings is 1. The first kappa shape index (κ1) is 11.2. The lowest BCUT2D eigenvalue weighted by Gasteiger charge is -2.11. The van der Waals surface area contributed by atoms with Crippen molar-refractivity contribution >= 4 is 17.3 Å². The van der Waals surface area contributed by atoms with Gasteiger partial charge in [0.1, 0.15) is 5.54 Å². The number of rotatable bonds is 1. The molecular weight excluding hydrogens is 232 g/mol. The van der Waals surface area contributed by atoms with Gasteiger partial charge in [-0.1, -0.05) is 22.7 Å². The average Bonchev–Trinajstić information content (AvgIpc) is 2.50. The van der Waals surface area contributed by atoms with E-state index in [2.05, 4.69) is 23.8 Å². The molecule has 0 N–H and O–H groups in total. The summed E-state index contributed by atoms with van der Waals surface area (Å²) < 4.78 is 2.23. The van der Waals surface area contributed by atoms with Crippen LogP contribution in [0.15, 0.2) is 29.4 Å². The number of fused-ring (bicyclic) bond motifs is 2. The Morgan fingerprint density at radius 2 is 2.06 bits per heavy atom. The zero-order valence-electron chi connectivity index (χ0n) is 10.2. The van der Waals surface area contributed by atoms with Gasteiger partial charge in [0.25, 0.3) is 0 Å². The smallest absolute Gasteiger partial charge is 0.0858 e. The van der Waals surface area contributed by atoms with Gasteiger partial charge < -0.3 is 0 Å². The van der Waals surface area contributed by atoms with Gasteiger partial charge in [-0.25, -0.2) is 0 Å². The van der Waals surface area contributed by atoms with Gasteiger partial charge in [0, 0.05) is 30.0 Å². The summed E-state index contributed by atoms with van der Waals surface area (Å²) >= 11 is 5.93. The molecule has 90 valence electrons. The van der Waals surface area contributed by atoms with Crippen LogP contribution in [0.3, 0.4) is 0 Å². The van der Waals surface area contributed by atoms with E-state index in [9.17, 15) is 0 Å². The van der Waals surface area contributed by atoms with Crippen molar-refractivity contribution in [2.45, 2.75) is 50.6 Å². The number of hydrogen-bond acceptors (Lipinski definition) is 1. The SMILES string of the molecule is C[C@]12CCCC[C@H](C1)[N+](c1ccc(Cl)cc1)=N2. The van der Waals surface area contributed by atoms with Gasteiger partial charge >= 0.3 is 0 Å². The van der Waals surface area contributed by atoms with E-state index >= 15 is 0 Å². The maximum absolute atomic E-state index is 5.93. The largest absolute Gasteiger partial charge is 0.231 e. The first-order valence-electron chi connectivity index (χ1n) is 6.44. The van der Waals surface area contributed by atoms with Crippen molar-refractivity contribution in [2.75, 3.05) is 0 Å². The summed E-state index contributed by atoms with van der Waals surface area (Å²) in [6.45, 7) is 2.29. The van der Waals surface area contributed by atoms with Crippen LogP contribution in [0.1, 0.15) is 39.0 Å². The van der Waals surface area contributed by atoms with Crippen LogP contribution in [0.2, 0.25) is 5.02 Å². The van der Waals surface area contributed by atoms with Crippen LogP contribution in [-0.4, -0.2) is 16.3 Å². The van der Waals surface area contributed by atoms with E-state index in [1.54, 1.807) is 0 Å². The highest BCUT2D eigenvalue weighted by atomic mass is 35.5. The van der Waals surface area contributed by atoms with Crippen LogP contribution in [0.5, 0.6) is 0 Å². The molecule has 0 unspecified atom stereocenters. The molecule has 2 nitrogen and oxygen atoms in total. The van der Waals surface area contributed by atoms with Crippen molar-refractivity contribution in [1.82, 2.24) is 0 Å². The number of azo groups is 2. The van der Waals surface area contributed by atoms with Gasteiger partial charge in [-0.15, -0.1) is 0 Å². The van der Waals surface area contributed by atoms with Crippen LogP contribution < -0.4 is 0 Å². The van der Waals surface area contributed by atoms with Crippen molar-refractivity contribution in [1.29, 1.82) is 0 Å². The van der Waals surface area contributed by atoms with E-state index in [1.807, 2.05) is 12.1 Å². The van der Waals surface area contributed by atoms with Crippen molar-refractivity contribution in [3.63, 3.8) is 0 Å². The summed E-state index contributed by atoms with van der Waals surface area (Å²) in [5.74, 6) is 0. The summed E-state index contributed by atoms with van der Waals surface area (Å²) in [5, 5.41) is 5.72. The van der Waals surface area contributed by atoms with Gasteiger partial charge in [-0.3, -0.25) is 0 Å². The second-order valence-corrected chi connectivity index (χ2v) is 5.96. The van der Waals surface area contributed by atoms with E-state index in [0.717, 1.165) is 5.02 Å². The monoisotopic (exact) mass is 249 g/mol. The molecule has 0 spiro atoms. The highest BCUT2D eigenvalue weighted by molar-refractivity contribution is 6.30. The minimum atomic E-state index is 0.167. The Morgan fingerprint density at radius 1 is 1.29 bits per heavy atom. The molecule has 1 fully saturated rings. The molecule has 1 saturated carbocycles. The second kappa shape index (κ2) is 4.09. The van der Waals surface area contributed by atoms with Gasteiger partial charge in [0.2, 0.25) is 5.69 Å². The van der Waals surface area contributed by atoms with E-state index in [0.29, 0.717) is 6.04 Å². The molecule has 17 heavy (non-hydrogen) atoms. The Kier molecular flexibility index (Phi) is 2.70. The van der Waals surface area contributed by atoms with Crippen LogP contribution in [-0.2, 0) is 0 Å². The summed E-state index contributed by atoms with van der Waals surface area (Å²) in [7, 11) is 0. The zero-order chi connectivity index (χ0) is 11.9. The van der Waals surface area contributed by atoms with E-state index in [4.69, 9.17) is 16.7 Å². The molecule has 1 aromatic rings. The Bertz CT molecular complexity index is 452. The van der Waals surface area contributed by atoms with Crippen LogP contribution in [0.25, 0.3) is 0 Å². The predicted octanol–water partition coefficient (Wildman–Crippen LogP) is 4.54. The lowest BCUT2D eigenvalue weighted by molar-refractivity contribution is -0.540. The topological polar surface area (TPSA) is 15.4 Å². The lowest BCUT2D eigenvalue weighted by atomic mass is 9.94. The average molecular weight is 250 g/mol. The van der Waals surface area contributed by atoms with Crippen molar-refractivity contribution < 1.29 is 4.70 Å². The van der Waals surface area contributed by atoms with Crippen LogP contribution in [0.4, 0.5) is 5.69 Å². The molecule has 0 saturated heterocycles. The number of hydrogen-bond donors (Lipinski definition) is 0. The van der Waals surface area contributed by atoms with Gasteiger partial charge in [0.15, 0.2) is 6.04 Å². The fourth-order valence-electron chi connectivity index (χ4n) is 3.10. The number of halogens is 1. The fraction of sp³-hybridized carbons (Fsp3) is 0.571. The Balaban J connectivity index is 1.97. The summed E-state index contributed by atoms with van der Waals surface area (Å²) in [6.07, 6.45) is 6.36. The molecule has 2 aliphatic rings. The van der Waals surface area contributed by atoms with Crippen molar-refractivity contribution in [3.05, 3.63) is 29.3 Å². The molecule has 1 aliphatic carbocycles. The summed E-state index contributed by atoms with van der Waals surface area (Å²) in [6, 6.07) is 8.64. The standard InChI is InChI=1S/C14H18ClN2/c1-14-9-3-2-4-13(10-14)17(16-14)12-7-5-11(15)6-8-12/h5-8,13H,2-4,9-10H2,1H3/q+1/t13-,14+/m1/s1. The molecule has 1 aromatic carbocycles. The van der Waals surface area contributed by atoms with Crippen molar-refractivity contribution in [3.8, 4) is 0 Å². The molecule has 1 heterocycles. The summed E-state index contributed by atoms with van der Waals surface area (Å²) in [5.41, 5.74) is 1.35. The number of nitrogens with zero attached hydrogens (tertiary/aromatic N) is 2. The Morgan fingerprint density at radius 3 is 2.82 bits per heavy atom. The van der Waals surface area contributed by atoms with E-state index < -0.39 is 0 Å². The molecule has 2 bridgehead atoms. The minimum Gasteiger partial charge on any atom is -0.0858 e. The minimum absolute atomic E-state index is 0.167. The van der Waals surface area contributed by atoms with Crippen molar-refractivity contribution in [2.24, 2.45) is 5.11 Å². The zero-order valence-corrected chi connectivity index (χ0v) is 11.0. The first-order valence-corrected chi connectivity index (χ1v) is 6.82. The first-order chi connectivity index (χ1) is 8.16. The third-order valence-corrected chi connectivity index (χ3v) is 4.22. The molecule has 3 heteroatoms. The molecule has 0 radical (unpaired) electrons. The Labute approximate surface area is 107 Å². The quantitative estimate of drug-likeness (QED) is 0.650. The maximum Gasteiger partial charge on any atom is 0.231 e. The third kappa shape index (κ3) is 2.11. The van der Waals surface area contributed by atoms with E-state index in [-0.39, 0.29) is 5.54 Å². The highest BCUT2D eigenvalue weighted by Gasteiger charge is 2.46. The Hall–Kier alpha value is -0.890. The van der Waals surface area contributed by atoms with Crippen LogP contribution >= 0.6 is 11.6 Å². The third-order valence-electron chi connectivity index (χ3n) is 3.96. The molecule has 0 aromatic heterocycles. The normalized spacial score (nSPS) is 32.1. The van der Waals surface area contributed by atoms with Crippen LogP contribution in [0, 0.1) is 0 Å². The molecular formula is C14H18ClN2+. The van der Waals surface area contributed by atoms with Gasteiger partial charge in [0.05, 0.1) is 0 Å². The lowest BCUT2D eigenvalue weighted by Crippen LogP contribution is -2.19. The molecule has 2 atom stereocenters. The van der Waals surface area contributed by atoms with Gasteiger partial charge in [-0.05, 0) is 37.0 Å². The molecule has 1 aliphatic heterocycles. The molecule has 0 amide bonds. The van der Waals surface area contributed by atoms with Gasteiger partial charge in [-0.2, -0.15) is 0 Å². The predicted molar refractivity (Wildman–Crippen MR) is 69.1 cm³/mol. The molecule has 3 rings (SSSR count). The maximum atomic E-state index is 5.93. The van der Waals surface area contributed by atoms with E-state index in [1.165, 1.54) is 37.8 Å².